The van der Waals surface area contributed by atoms with Crippen LogP contribution >= 0.6 is 0 Å². The molecule has 1 fully saturated rings. The van der Waals surface area contributed by atoms with Gasteiger partial charge in [-0.05, 0) is 60.2 Å². The molecule has 144 valence electrons. The summed E-state index contributed by atoms with van der Waals surface area (Å²) in [5.41, 5.74) is 6.88. The van der Waals surface area contributed by atoms with Crippen molar-refractivity contribution in [3.8, 4) is 11.1 Å². The van der Waals surface area contributed by atoms with E-state index >= 15 is 0 Å². The average molecular weight is 382 g/mol. The van der Waals surface area contributed by atoms with Crippen molar-refractivity contribution in [3.05, 3.63) is 84.1 Å². The third kappa shape index (κ3) is 3.38. The predicted octanol–water partition coefficient (Wildman–Crippen LogP) is 6.24. The molecular weight excluding hydrogens is 360 g/mol. The van der Waals surface area contributed by atoms with Gasteiger partial charge in [0.2, 0.25) is 0 Å². The molecule has 0 spiro atoms. The van der Waals surface area contributed by atoms with E-state index in [4.69, 9.17) is 4.74 Å². The SMILES string of the molecule is COC(=O)c1cc(C2CC2)ccc1Nc1ccc2[nH]cc(-c3ccccc3)c2c1. The Balaban J connectivity index is 1.53. The number of fused-ring (bicyclic) bond motifs is 1. The van der Waals surface area contributed by atoms with Crippen LogP contribution in [0.2, 0.25) is 0 Å². The number of carbonyl (C=O) groups excluding carboxylic acids is 1. The van der Waals surface area contributed by atoms with Gasteiger partial charge in [-0.15, -0.1) is 0 Å². The number of ether oxygens (including phenoxy) is 1. The maximum atomic E-state index is 12.4. The lowest BCUT2D eigenvalue weighted by molar-refractivity contribution is 0.0602. The molecule has 3 aromatic carbocycles. The molecule has 1 aliphatic rings. The lowest BCUT2D eigenvalue weighted by atomic mass is 10.0. The standard InChI is InChI=1S/C25H22N2O2/c1-29-25(28)21-13-18(16-7-8-16)9-11-24(21)27-19-10-12-23-20(14-19)22(15-26-23)17-5-3-2-4-6-17/h2-6,9-16,26-27H,7-8H2,1H3. The molecule has 1 aliphatic carbocycles. The zero-order valence-corrected chi connectivity index (χ0v) is 16.2. The third-order valence-corrected chi connectivity index (χ3v) is 5.54. The summed E-state index contributed by atoms with van der Waals surface area (Å²) in [6.45, 7) is 0. The number of H-pyrrole nitrogens is 1. The van der Waals surface area contributed by atoms with Gasteiger partial charge in [0, 0.05) is 28.4 Å². The molecule has 2 N–H and O–H groups in total. The third-order valence-electron chi connectivity index (χ3n) is 5.54. The van der Waals surface area contributed by atoms with Gasteiger partial charge in [0.1, 0.15) is 0 Å². The first kappa shape index (κ1) is 17.6. The van der Waals surface area contributed by atoms with Crippen molar-refractivity contribution in [2.24, 2.45) is 0 Å². The molecule has 4 aromatic rings. The molecule has 29 heavy (non-hydrogen) atoms. The Bertz CT molecular complexity index is 1190. The summed E-state index contributed by atoms with van der Waals surface area (Å²) in [7, 11) is 1.42. The van der Waals surface area contributed by atoms with Crippen LogP contribution in [0.15, 0.2) is 72.9 Å². The van der Waals surface area contributed by atoms with Crippen molar-refractivity contribution in [3.63, 3.8) is 0 Å². The van der Waals surface area contributed by atoms with Crippen molar-refractivity contribution in [1.29, 1.82) is 0 Å². The van der Waals surface area contributed by atoms with Crippen LogP contribution in [-0.2, 0) is 4.74 Å². The van der Waals surface area contributed by atoms with Gasteiger partial charge in [-0.3, -0.25) is 0 Å². The Morgan fingerprint density at radius 1 is 1.03 bits per heavy atom. The number of carbonyl (C=O) groups is 1. The zero-order valence-electron chi connectivity index (χ0n) is 16.2. The van der Waals surface area contributed by atoms with Crippen molar-refractivity contribution in [1.82, 2.24) is 4.98 Å². The molecule has 4 heteroatoms. The predicted molar refractivity (Wildman–Crippen MR) is 117 cm³/mol. The van der Waals surface area contributed by atoms with Crippen molar-refractivity contribution >= 4 is 28.2 Å². The summed E-state index contributed by atoms with van der Waals surface area (Å²) in [6, 6.07) is 22.6. The topological polar surface area (TPSA) is 54.1 Å². The van der Waals surface area contributed by atoms with Crippen LogP contribution in [-0.4, -0.2) is 18.1 Å². The maximum Gasteiger partial charge on any atom is 0.339 e. The highest BCUT2D eigenvalue weighted by Gasteiger charge is 2.25. The fourth-order valence-corrected chi connectivity index (χ4v) is 3.83. The molecule has 0 unspecified atom stereocenters. The van der Waals surface area contributed by atoms with E-state index in [-0.39, 0.29) is 5.97 Å². The van der Waals surface area contributed by atoms with Crippen LogP contribution in [0.1, 0.15) is 34.7 Å². The summed E-state index contributed by atoms with van der Waals surface area (Å²) in [5.74, 6) is 0.264. The number of esters is 1. The fraction of sp³-hybridized carbons (Fsp3) is 0.160. The molecule has 1 saturated carbocycles. The summed E-state index contributed by atoms with van der Waals surface area (Å²) < 4.78 is 5.02. The van der Waals surface area contributed by atoms with E-state index in [1.807, 2.05) is 42.6 Å². The van der Waals surface area contributed by atoms with E-state index in [0.29, 0.717) is 11.5 Å². The van der Waals surface area contributed by atoms with Crippen molar-refractivity contribution in [2.45, 2.75) is 18.8 Å². The van der Waals surface area contributed by atoms with Gasteiger partial charge >= 0.3 is 5.97 Å². The van der Waals surface area contributed by atoms with Crippen molar-refractivity contribution < 1.29 is 9.53 Å². The fourth-order valence-electron chi connectivity index (χ4n) is 3.83. The van der Waals surface area contributed by atoms with Crippen LogP contribution in [0, 0.1) is 0 Å². The second-order valence-corrected chi connectivity index (χ2v) is 7.52. The van der Waals surface area contributed by atoms with E-state index < -0.39 is 0 Å². The minimum atomic E-state index is -0.317. The number of aromatic nitrogens is 1. The molecule has 0 aliphatic heterocycles. The lowest BCUT2D eigenvalue weighted by Gasteiger charge is -2.13. The average Bonchev–Trinajstić information content (AvgIpc) is 3.53. The summed E-state index contributed by atoms with van der Waals surface area (Å²) in [5, 5.41) is 4.55. The van der Waals surface area contributed by atoms with Gasteiger partial charge in [-0.2, -0.15) is 0 Å². The number of nitrogens with one attached hydrogen (secondary N) is 2. The van der Waals surface area contributed by atoms with Crippen LogP contribution < -0.4 is 5.32 Å². The number of methoxy groups -OCH3 is 1. The van der Waals surface area contributed by atoms with E-state index in [9.17, 15) is 4.79 Å². The van der Waals surface area contributed by atoms with Crippen LogP contribution in [0.5, 0.6) is 0 Å². The lowest BCUT2D eigenvalue weighted by Crippen LogP contribution is -2.06. The molecule has 1 aromatic heterocycles. The Labute approximate surface area is 169 Å². The van der Waals surface area contributed by atoms with Crippen LogP contribution in [0.25, 0.3) is 22.0 Å². The van der Waals surface area contributed by atoms with Gasteiger partial charge in [0.05, 0.1) is 18.4 Å². The minimum absolute atomic E-state index is 0.317. The molecule has 4 nitrogen and oxygen atoms in total. The first-order chi connectivity index (χ1) is 14.2. The van der Waals surface area contributed by atoms with E-state index in [2.05, 4.69) is 40.6 Å². The Morgan fingerprint density at radius 3 is 2.62 bits per heavy atom. The molecular formula is C25H22N2O2. The number of benzene rings is 3. The Hall–Kier alpha value is -3.53. The number of anilines is 2. The highest BCUT2D eigenvalue weighted by molar-refractivity contribution is 5.99. The quantitative estimate of drug-likeness (QED) is 0.402. The molecule has 0 saturated heterocycles. The number of rotatable bonds is 5. The van der Waals surface area contributed by atoms with Gasteiger partial charge < -0.3 is 15.0 Å². The monoisotopic (exact) mass is 382 g/mol. The van der Waals surface area contributed by atoms with Gasteiger partial charge in [-0.1, -0.05) is 36.4 Å². The second-order valence-electron chi connectivity index (χ2n) is 7.52. The first-order valence-corrected chi connectivity index (χ1v) is 9.89. The summed E-state index contributed by atoms with van der Waals surface area (Å²) >= 11 is 0. The van der Waals surface area contributed by atoms with Crippen LogP contribution in [0.3, 0.4) is 0 Å². The van der Waals surface area contributed by atoms with Gasteiger partial charge in [0.25, 0.3) is 0 Å². The van der Waals surface area contributed by atoms with Gasteiger partial charge in [-0.25, -0.2) is 4.79 Å². The van der Waals surface area contributed by atoms with E-state index in [1.54, 1.807) is 0 Å². The number of hydrogen-bond acceptors (Lipinski definition) is 3. The Morgan fingerprint density at radius 2 is 1.86 bits per heavy atom. The first-order valence-electron chi connectivity index (χ1n) is 9.89. The normalized spacial score (nSPS) is 13.4. The molecule has 5 rings (SSSR count). The number of aromatic amines is 1. The van der Waals surface area contributed by atoms with Crippen LogP contribution in [0.4, 0.5) is 11.4 Å². The Kier molecular flexibility index (Phi) is 4.32. The number of hydrogen-bond donors (Lipinski definition) is 2. The largest absolute Gasteiger partial charge is 0.465 e. The maximum absolute atomic E-state index is 12.4. The summed E-state index contributed by atoms with van der Waals surface area (Å²) in [6.07, 6.45) is 4.42. The zero-order chi connectivity index (χ0) is 19.8. The summed E-state index contributed by atoms with van der Waals surface area (Å²) in [4.78, 5) is 15.7. The van der Waals surface area contributed by atoms with E-state index in [0.717, 1.165) is 27.8 Å². The van der Waals surface area contributed by atoms with Gasteiger partial charge in [0.15, 0.2) is 0 Å². The molecule has 0 amide bonds. The molecule has 0 bridgehead atoms. The minimum Gasteiger partial charge on any atom is -0.465 e. The molecule has 0 atom stereocenters. The van der Waals surface area contributed by atoms with E-state index in [1.165, 1.54) is 31.1 Å². The molecule has 1 heterocycles. The second kappa shape index (κ2) is 7.13. The highest BCUT2D eigenvalue weighted by Crippen LogP contribution is 2.41. The molecule has 0 radical (unpaired) electrons. The highest BCUT2D eigenvalue weighted by atomic mass is 16.5. The van der Waals surface area contributed by atoms with Crippen molar-refractivity contribution in [2.75, 3.05) is 12.4 Å². The smallest absolute Gasteiger partial charge is 0.339 e.